The SMILES string of the molecule is CC(CCO)n1nnc(C(N)=O)c1C(F)F. The zero-order chi connectivity index (χ0) is 12.3. The molecular weight excluding hydrogens is 222 g/mol. The molecule has 1 unspecified atom stereocenters. The first kappa shape index (κ1) is 12.5. The Hall–Kier alpha value is -1.57. The van der Waals surface area contributed by atoms with Crippen molar-refractivity contribution in [2.24, 2.45) is 5.73 Å². The number of rotatable bonds is 5. The molecule has 0 aliphatic heterocycles. The number of hydrogen-bond donors (Lipinski definition) is 2. The standard InChI is InChI=1S/C8H12F2N4O2/c1-4(2-3-15)14-6(7(9)10)5(8(11)16)12-13-14/h4,7,15H,2-3H2,1H3,(H2,11,16). The highest BCUT2D eigenvalue weighted by atomic mass is 19.3. The molecule has 3 N–H and O–H groups in total. The molecule has 1 heterocycles. The van der Waals surface area contributed by atoms with Gasteiger partial charge < -0.3 is 10.8 Å². The van der Waals surface area contributed by atoms with Crippen LogP contribution in [0.5, 0.6) is 0 Å². The summed E-state index contributed by atoms with van der Waals surface area (Å²) in [4.78, 5) is 10.8. The van der Waals surface area contributed by atoms with E-state index in [1.165, 1.54) is 0 Å². The Balaban J connectivity index is 3.14. The van der Waals surface area contributed by atoms with Gasteiger partial charge in [-0.25, -0.2) is 13.5 Å². The molecule has 0 saturated carbocycles. The van der Waals surface area contributed by atoms with Gasteiger partial charge >= 0.3 is 0 Å². The molecular formula is C8H12F2N4O2. The molecule has 6 nitrogen and oxygen atoms in total. The maximum absolute atomic E-state index is 12.7. The van der Waals surface area contributed by atoms with E-state index in [1.807, 2.05) is 0 Å². The zero-order valence-corrected chi connectivity index (χ0v) is 8.60. The summed E-state index contributed by atoms with van der Waals surface area (Å²) in [6.07, 6.45) is -2.65. The molecule has 1 amide bonds. The van der Waals surface area contributed by atoms with Crippen molar-refractivity contribution in [3.05, 3.63) is 11.4 Å². The smallest absolute Gasteiger partial charge is 0.282 e. The lowest BCUT2D eigenvalue weighted by atomic mass is 10.2. The maximum atomic E-state index is 12.7. The van der Waals surface area contributed by atoms with Gasteiger partial charge in [0.05, 0.1) is 6.04 Å². The lowest BCUT2D eigenvalue weighted by Crippen LogP contribution is -2.17. The molecule has 0 aromatic carbocycles. The highest BCUT2D eigenvalue weighted by molar-refractivity contribution is 5.91. The topological polar surface area (TPSA) is 94.0 Å². The number of nitrogens with zero attached hydrogens (tertiary/aromatic N) is 3. The van der Waals surface area contributed by atoms with Gasteiger partial charge in [0.15, 0.2) is 5.69 Å². The molecule has 1 aromatic heterocycles. The molecule has 8 heteroatoms. The van der Waals surface area contributed by atoms with Crippen molar-refractivity contribution in [1.29, 1.82) is 0 Å². The number of amides is 1. The van der Waals surface area contributed by atoms with Gasteiger partial charge in [0.2, 0.25) is 0 Å². The predicted octanol–water partition coefficient (Wildman–Crippen LogP) is 0.258. The third kappa shape index (κ3) is 2.32. The molecule has 0 radical (unpaired) electrons. The first-order chi connectivity index (χ1) is 7.49. The van der Waals surface area contributed by atoms with Crippen LogP contribution in [-0.2, 0) is 0 Å². The van der Waals surface area contributed by atoms with Crippen LogP contribution < -0.4 is 5.73 Å². The van der Waals surface area contributed by atoms with E-state index in [-0.39, 0.29) is 13.0 Å². The third-order valence-electron chi connectivity index (χ3n) is 2.13. The Kier molecular flexibility index (Phi) is 3.88. The first-order valence-corrected chi connectivity index (χ1v) is 4.63. The van der Waals surface area contributed by atoms with Crippen molar-refractivity contribution >= 4 is 5.91 Å². The van der Waals surface area contributed by atoms with Gasteiger partial charge in [0.25, 0.3) is 12.3 Å². The molecule has 0 aliphatic rings. The van der Waals surface area contributed by atoms with Gasteiger partial charge in [-0.3, -0.25) is 4.79 Å². The molecule has 0 bridgehead atoms. The van der Waals surface area contributed by atoms with Crippen LogP contribution in [0.4, 0.5) is 8.78 Å². The number of halogens is 2. The maximum Gasteiger partial charge on any atom is 0.282 e. The van der Waals surface area contributed by atoms with Gasteiger partial charge in [0.1, 0.15) is 5.69 Å². The second-order valence-electron chi connectivity index (χ2n) is 3.29. The van der Waals surface area contributed by atoms with E-state index in [2.05, 4.69) is 10.3 Å². The fourth-order valence-electron chi connectivity index (χ4n) is 1.31. The summed E-state index contributed by atoms with van der Waals surface area (Å²) in [6.45, 7) is 1.41. The number of carbonyl (C=O) groups excluding carboxylic acids is 1. The third-order valence-corrected chi connectivity index (χ3v) is 2.13. The van der Waals surface area contributed by atoms with E-state index in [0.29, 0.717) is 0 Å². The highest BCUT2D eigenvalue weighted by Gasteiger charge is 2.27. The average molecular weight is 234 g/mol. The Labute approximate surface area is 90.0 Å². The quantitative estimate of drug-likeness (QED) is 0.763. The van der Waals surface area contributed by atoms with Gasteiger partial charge in [0, 0.05) is 6.61 Å². The van der Waals surface area contributed by atoms with Crippen LogP contribution in [0.1, 0.15) is 42.0 Å². The van der Waals surface area contributed by atoms with E-state index in [0.717, 1.165) is 4.68 Å². The fraction of sp³-hybridized carbons (Fsp3) is 0.625. The summed E-state index contributed by atoms with van der Waals surface area (Å²) in [5.74, 6) is -1.04. The van der Waals surface area contributed by atoms with Crippen LogP contribution in [-0.4, -0.2) is 32.6 Å². The van der Waals surface area contributed by atoms with E-state index in [4.69, 9.17) is 10.8 Å². The number of alkyl halides is 2. The summed E-state index contributed by atoms with van der Waals surface area (Å²) in [7, 11) is 0. The van der Waals surface area contributed by atoms with Crippen molar-refractivity contribution in [1.82, 2.24) is 15.0 Å². The van der Waals surface area contributed by atoms with E-state index in [9.17, 15) is 13.6 Å². The molecule has 0 aliphatic carbocycles. The van der Waals surface area contributed by atoms with E-state index in [1.54, 1.807) is 6.92 Å². The van der Waals surface area contributed by atoms with E-state index < -0.39 is 29.8 Å². The average Bonchev–Trinajstić information content (AvgIpc) is 2.61. The van der Waals surface area contributed by atoms with Crippen LogP contribution in [0.15, 0.2) is 0 Å². The van der Waals surface area contributed by atoms with Gasteiger partial charge in [-0.2, -0.15) is 0 Å². The normalized spacial score (nSPS) is 13.1. The zero-order valence-electron chi connectivity index (χ0n) is 8.60. The number of carbonyl (C=O) groups is 1. The van der Waals surface area contributed by atoms with Crippen LogP contribution in [0.25, 0.3) is 0 Å². The summed E-state index contributed by atoms with van der Waals surface area (Å²) in [5, 5.41) is 15.5. The number of aliphatic hydroxyl groups is 1. The minimum Gasteiger partial charge on any atom is -0.396 e. The molecule has 0 fully saturated rings. The first-order valence-electron chi connectivity index (χ1n) is 4.63. The van der Waals surface area contributed by atoms with Crippen LogP contribution in [0.2, 0.25) is 0 Å². The van der Waals surface area contributed by atoms with Crippen LogP contribution >= 0.6 is 0 Å². The highest BCUT2D eigenvalue weighted by Crippen LogP contribution is 2.24. The molecule has 0 spiro atoms. The summed E-state index contributed by atoms with van der Waals surface area (Å²) < 4.78 is 26.3. The van der Waals surface area contributed by atoms with Crippen molar-refractivity contribution in [2.45, 2.75) is 25.8 Å². The van der Waals surface area contributed by atoms with Crippen molar-refractivity contribution in [2.75, 3.05) is 6.61 Å². The second kappa shape index (κ2) is 4.97. The monoisotopic (exact) mass is 234 g/mol. The van der Waals surface area contributed by atoms with Crippen LogP contribution in [0, 0.1) is 0 Å². The molecule has 90 valence electrons. The summed E-state index contributed by atoms with van der Waals surface area (Å²) in [5.41, 5.74) is 3.77. The predicted molar refractivity (Wildman–Crippen MR) is 49.9 cm³/mol. The van der Waals surface area contributed by atoms with Gasteiger partial charge in [-0.15, -0.1) is 5.10 Å². The van der Waals surface area contributed by atoms with Gasteiger partial charge in [-0.05, 0) is 13.3 Å². The van der Waals surface area contributed by atoms with Crippen molar-refractivity contribution in [3.8, 4) is 0 Å². The molecule has 0 saturated heterocycles. The number of hydrogen-bond acceptors (Lipinski definition) is 4. The minimum absolute atomic E-state index is 0.171. The van der Waals surface area contributed by atoms with Crippen molar-refractivity contribution in [3.63, 3.8) is 0 Å². The number of primary amides is 1. The molecule has 1 atom stereocenters. The van der Waals surface area contributed by atoms with Crippen LogP contribution in [0.3, 0.4) is 0 Å². The number of aromatic nitrogens is 3. The Bertz CT molecular complexity index is 380. The fourth-order valence-corrected chi connectivity index (χ4v) is 1.31. The lowest BCUT2D eigenvalue weighted by molar-refractivity contribution is 0.0975. The second-order valence-corrected chi connectivity index (χ2v) is 3.29. The van der Waals surface area contributed by atoms with Crippen molar-refractivity contribution < 1.29 is 18.7 Å². The number of nitrogens with two attached hydrogens (primary N) is 1. The van der Waals surface area contributed by atoms with Gasteiger partial charge in [-0.1, -0.05) is 5.21 Å². The molecule has 16 heavy (non-hydrogen) atoms. The lowest BCUT2D eigenvalue weighted by Gasteiger charge is -2.12. The summed E-state index contributed by atoms with van der Waals surface area (Å²) in [6, 6.07) is -0.477. The number of aliphatic hydroxyl groups excluding tert-OH is 1. The Morgan fingerprint density at radius 1 is 1.62 bits per heavy atom. The Morgan fingerprint density at radius 3 is 2.69 bits per heavy atom. The Morgan fingerprint density at radius 2 is 2.25 bits per heavy atom. The summed E-state index contributed by atoms with van der Waals surface area (Å²) >= 11 is 0. The molecule has 1 aromatic rings. The minimum atomic E-state index is -2.89. The molecule has 1 rings (SSSR count). The van der Waals surface area contributed by atoms with E-state index >= 15 is 0 Å². The largest absolute Gasteiger partial charge is 0.396 e.